The van der Waals surface area contributed by atoms with Gasteiger partial charge in [0.05, 0.1) is 35.2 Å². The van der Waals surface area contributed by atoms with Gasteiger partial charge in [-0.15, -0.1) is 0 Å². The van der Waals surface area contributed by atoms with Crippen LogP contribution >= 0.6 is 11.8 Å². The Bertz CT molecular complexity index is 799. The minimum atomic E-state index is -3.85. The molecule has 0 aliphatic rings. The third-order valence-corrected chi connectivity index (χ3v) is 9.20. The van der Waals surface area contributed by atoms with Crippen LogP contribution in [0, 0.1) is 10.8 Å². The van der Waals surface area contributed by atoms with Gasteiger partial charge in [-0.2, -0.15) is 0 Å². The van der Waals surface area contributed by atoms with Crippen molar-refractivity contribution in [2.24, 2.45) is 5.41 Å². The first-order valence-electron chi connectivity index (χ1n) is 9.82. The zero-order valence-corrected chi connectivity index (χ0v) is 21.1. The van der Waals surface area contributed by atoms with Gasteiger partial charge in [0.2, 0.25) is 0 Å². The standard InChI is InChI=1S/C18H37ClN2O8S2/c1-12(20)17(2,3)6-8-30(26,27)10-13(22)15(24)16(25)14(23)11-31(28,29)9-7-18(4,5)21-19/h13-16,20-25H,6-11H2,1-5H3. The van der Waals surface area contributed by atoms with Gasteiger partial charge in [0, 0.05) is 16.7 Å². The summed E-state index contributed by atoms with van der Waals surface area (Å²) in [5.74, 6) is -2.46. The minimum absolute atomic E-state index is 0.122. The molecule has 0 aromatic carbocycles. The summed E-state index contributed by atoms with van der Waals surface area (Å²) in [6.07, 6.45) is -7.75. The Balaban J connectivity index is 4.93. The second-order valence-electron chi connectivity index (χ2n) is 9.33. The number of halogens is 1. The van der Waals surface area contributed by atoms with E-state index in [1.165, 1.54) is 0 Å². The second-order valence-corrected chi connectivity index (χ2v) is 14.0. The molecule has 0 heterocycles. The molecule has 0 amide bonds. The van der Waals surface area contributed by atoms with Crippen LogP contribution in [-0.2, 0) is 19.7 Å². The average Bonchev–Trinajstić information content (AvgIpc) is 2.63. The van der Waals surface area contributed by atoms with Crippen molar-refractivity contribution in [2.45, 2.75) is 77.4 Å². The molecule has 0 saturated carbocycles. The average molecular weight is 509 g/mol. The number of rotatable bonds is 15. The van der Waals surface area contributed by atoms with Crippen molar-refractivity contribution >= 4 is 37.2 Å². The van der Waals surface area contributed by atoms with Crippen LogP contribution in [0.25, 0.3) is 0 Å². The lowest BCUT2D eigenvalue weighted by atomic mass is 9.86. The van der Waals surface area contributed by atoms with Gasteiger partial charge in [0.15, 0.2) is 19.7 Å². The molecule has 186 valence electrons. The second kappa shape index (κ2) is 11.7. The van der Waals surface area contributed by atoms with E-state index in [0.717, 1.165) is 0 Å². The van der Waals surface area contributed by atoms with Crippen LogP contribution in [-0.4, -0.2) is 95.9 Å². The molecule has 0 fully saturated rings. The monoisotopic (exact) mass is 508 g/mol. The van der Waals surface area contributed by atoms with Gasteiger partial charge in [0.1, 0.15) is 12.2 Å². The van der Waals surface area contributed by atoms with Gasteiger partial charge in [-0.25, -0.2) is 21.7 Å². The minimum Gasteiger partial charge on any atom is -0.389 e. The van der Waals surface area contributed by atoms with Crippen LogP contribution in [0.5, 0.6) is 0 Å². The molecule has 0 spiro atoms. The largest absolute Gasteiger partial charge is 0.389 e. The highest BCUT2D eigenvalue weighted by Crippen LogP contribution is 2.23. The fourth-order valence-corrected chi connectivity index (χ4v) is 5.90. The molecular formula is C18H37ClN2O8S2. The number of sulfone groups is 2. The molecule has 6 N–H and O–H groups in total. The first-order chi connectivity index (χ1) is 13.8. The van der Waals surface area contributed by atoms with Crippen molar-refractivity contribution in [3.63, 3.8) is 0 Å². The number of aliphatic hydroxyl groups excluding tert-OH is 4. The number of nitrogens with one attached hydrogen (secondary N) is 2. The lowest BCUT2D eigenvalue weighted by Gasteiger charge is -2.27. The lowest BCUT2D eigenvalue weighted by Crippen LogP contribution is -2.49. The van der Waals surface area contributed by atoms with Crippen LogP contribution in [0.15, 0.2) is 0 Å². The van der Waals surface area contributed by atoms with Gasteiger partial charge >= 0.3 is 0 Å². The molecule has 0 aliphatic carbocycles. The SMILES string of the molecule is CC(=N)C(C)(C)CCS(=O)(=O)CC(O)C(O)C(O)C(O)CS(=O)(=O)CCC(C)(C)NCl. The molecular weight excluding hydrogens is 472 g/mol. The van der Waals surface area contributed by atoms with Crippen molar-refractivity contribution in [2.75, 3.05) is 23.0 Å². The molecule has 4 unspecified atom stereocenters. The summed E-state index contributed by atoms with van der Waals surface area (Å²) in [5, 5.41) is 47.8. The molecule has 0 radical (unpaired) electrons. The molecule has 31 heavy (non-hydrogen) atoms. The predicted octanol–water partition coefficient (Wildman–Crippen LogP) is -0.372. The third kappa shape index (κ3) is 11.4. The van der Waals surface area contributed by atoms with Crippen molar-refractivity contribution in [1.29, 1.82) is 5.41 Å². The zero-order valence-electron chi connectivity index (χ0n) is 18.7. The number of aliphatic hydroxyl groups is 4. The Labute approximate surface area is 190 Å². The maximum Gasteiger partial charge on any atom is 0.153 e. The van der Waals surface area contributed by atoms with E-state index in [2.05, 4.69) is 4.84 Å². The third-order valence-electron chi connectivity index (χ3n) is 5.33. The summed E-state index contributed by atoms with van der Waals surface area (Å²) in [4.78, 5) is 2.42. The van der Waals surface area contributed by atoms with E-state index in [0.29, 0.717) is 5.71 Å². The smallest absolute Gasteiger partial charge is 0.153 e. The van der Waals surface area contributed by atoms with Crippen LogP contribution < -0.4 is 4.84 Å². The highest BCUT2D eigenvalue weighted by atomic mass is 35.5. The number of hydrogen-bond acceptors (Lipinski definition) is 10. The van der Waals surface area contributed by atoms with Crippen molar-refractivity contribution in [3.05, 3.63) is 0 Å². The molecule has 0 aromatic heterocycles. The van der Waals surface area contributed by atoms with E-state index in [9.17, 15) is 37.3 Å². The van der Waals surface area contributed by atoms with Gasteiger partial charge in [0.25, 0.3) is 0 Å². The van der Waals surface area contributed by atoms with Crippen LogP contribution in [0.3, 0.4) is 0 Å². The van der Waals surface area contributed by atoms with Gasteiger partial charge in [-0.05, 0) is 45.4 Å². The molecule has 0 rings (SSSR count). The quantitative estimate of drug-likeness (QED) is 0.127. The zero-order chi connectivity index (χ0) is 24.8. The van der Waals surface area contributed by atoms with Crippen LogP contribution in [0.1, 0.15) is 47.5 Å². The maximum absolute atomic E-state index is 12.2. The van der Waals surface area contributed by atoms with E-state index >= 15 is 0 Å². The van der Waals surface area contributed by atoms with E-state index in [-0.39, 0.29) is 24.3 Å². The topological polar surface area (TPSA) is 185 Å². The summed E-state index contributed by atoms with van der Waals surface area (Å²) in [5.41, 5.74) is -1.05. The van der Waals surface area contributed by atoms with E-state index < -0.39 is 66.5 Å². The molecule has 0 aliphatic heterocycles. The molecule has 0 bridgehead atoms. The lowest BCUT2D eigenvalue weighted by molar-refractivity contribution is -0.0928. The highest BCUT2D eigenvalue weighted by molar-refractivity contribution is 7.91. The molecule has 0 aromatic rings. The summed E-state index contributed by atoms with van der Waals surface area (Å²) < 4.78 is 48.8. The first kappa shape index (κ1) is 30.7. The number of hydrogen-bond donors (Lipinski definition) is 6. The summed E-state index contributed by atoms with van der Waals surface area (Å²) in [6, 6.07) is 0. The first-order valence-corrected chi connectivity index (χ1v) is 13.8. The Morgan fingerprint density at radius 1 is 0.871 bits per heavy atom. The molecule has 10 nitrogen and oxygen atoms in total. The summed E-state index contributed by atoms with van der Waals surface area (Å²) in [7, 11) is -7.69. The van der Waals surface area contributed by atoms with Gasteiger partial charge in [-0.3, -0.25) is 0 Å². The van der Waals surface area contributed by atoms with E-state index in [1.807, 2.05) is 0 Å². The maximum atomic E-state index is 12.2. The summed E-state index contributed by atoms with van der Waals surface area (Å²) in [6.45, 7) is 8.32. The van der Waals surface area contributed by atoms with Gasteiger partial charge < -0.3 is 25.8 Å². The molecule has 4 atom stereocenters. The fraction of sp³-hybridized carbons (Fsp3) is 0.944. The van der Waals surface area contributed by atoms with E-state index in [1.54, 1.807) is 34.6 Å². The van der Waals surface area contributed by atoms with Crippen molar-refractivity contribution in [1.82, 2.24) is 4.84 Å². The normalized spacial score (nSPS) is 17.7. The van der Waals surface area contributed by atoms with Crippen LogP contribution in [0.2, 0.25) is 0 Å². The van der Waals surface area contributed by atoms with Crippen LogP contribution in [0.4, 0.5) is 0 Å². The fourth-order valence-electron chi connectivity index (χ4n) is 2.40. The van der Waals surface area contributed by atoms with E-state index in [4.69, 9.17) is 17.2 Å². The summed E-state index contributed by atoms with van der Waals surface area (Å²) >= 11 is 5.52. The highest BCUT2D eigenvalue weighted by Gasteiger charge is 2.36. The van der Waals surface area contributed by atoms with Gasteiger partial charge in [-0.1, -0.05) is 13.8 Å². The Morgan fingerprint density at radius 2 is 1.23 bits per heavy atom. The molecule has 0 saturated heterocycles. The van der Waals surface area contributed by atoms with Crippen molar-refractivity contribution < 1.29 is 37.3 Å². The Morgan fingerprint density at radius 3 is 1.55 bits per heavy atom. The Kier molecular flexibility index (Phi) is 11.6. The van der Waals surface area contributed by atoms with Crippen molar-refractivity contribution in [3.8, 4) is 0 Å². The Hall–Kier alpha value is -0.340. The molecule has 13 heteroatoms. The predicted molar refractivity (Wildman–Crippen MR) is 121 cm³/mol.